The predicted octanol–water partition coefficient (Wildman–Crippen LogP) is 4.98. The number of hydrogen-bond acceptors (Lipinski definition) is 4. The van der Waals surface area contributed by atoms with Crippen molar-refractivity contribution >= 4 is 39.2 Å². The lowest BCUT2D eigenvalue weighted by Gasteiger charge is -2.16. The summed E-state index contributed by atoms with van der Waals surface area (Å²) in [5.74, 6) is 0.490. The van der Waals surface area contributed by atoms with Gasteiger partial charge in [0.05, 0.1) is 23.0 Å². The summed E-state index contributed by atoms with van der Waals surface area (Å²) in [4.78, 5) is 30.4. The summed E-state index contributed by atoms with van der Waals surface area (Å²) in [6, 6.07) is 7.76. The largest absolute Gasteiger partial charge is 0.434 e. The van der Waals surface area contributed by atoms with Crippen LogP contribution in [0, 0.1) is 0 Å². The number of carbonyl (C=O) groups excluding carboxylic acids is 2. The highest BCUT2D eigenvalue weighted by molar-refractivity contribution is 6.14. The number of carbonyl (C=O) groups is 1. The molecule has 5 aromatic rings. The van der Waals surface area contributed by atoms with E-state index in [2.05, 4.69) is 20.4 Å². The fourth-order valence-electron chi connectivity index (χ4n) is 4.42. The van der Waals surface area contributed by atoms with Crippen molar-refractivity contribution in [2.75, 3.05) is 5.32 Å². The highest BCUT2D eigenvalue weighted by Crippen LogP contribution is 2.38. The van der Waals surface area contributed by atoms with Crippen molar-refractivity contribution in [2.24, 2.45) is 0 Å². The molecule has 5 rings (SSSR count). The number of amides is 1. The number of H-pyrrole nitrogens is 1. The number of pyridine rings is 1. The molecule has 0 saturated heterocycles. The first kappa shape index (κ1) is 25.0. The third-order valence-electron chi connectivity index (χ3n) is 6.04. The molecule has 13 heteroatoms. The average Bonchev–Trinajstić information content (AvgIpc) is 3.48. The number of nitrogens with one attached hydrogen (secondary N) is 2. The number of halogens is 6. The van der Waals surface area contributed by atoms with Crippen LogP contribution in [0.15, 0.2) is 48.8 Å². The number of rotatable bonds is 4. The molecule has 0 aliphatic carbocycles. The van der Waals surface area contributed by atoms with E-state index in [9.17, 15) is 35.9 Å². The van der Waals surface area contributed by atoms with Crippen LogP contribution in [0.1, 0.15) is 34.2 Å². The van der Waals surface area contributed by atoms with Crippen LogP contribution >= 0.6 is 0 Å². The van der Waals surface area contributed by atoms with E-state index in [1.165, 1.54) is 6.07 Å². The van der Waals surface area contributed by atoms with Gasteiger partial charge < -0.3 is 10.3 Å². The molecule has 38 heavy (non-hydrogen) atoms. The molecule has 0 radical (unpaired) electrons. The Bertz CT molecular complexity index is 1790. The lowest BCUT2D eigenvalue weighted by Crippen LogP contribution is -2.21. The number of anilines is 1. The number of aryl methyl sites for hydroxylation is 1. The minimum absolute atomic E-state index is 0.00560. The van der Waals surface area contributed by atoms with Crippen molar-refractivity contribution in [1.82, 2.24) is 19.7 Å². The molecular weight excluding hydrogens is 516 g/mol. The second-order valence-corrected chi connectivity index (χ2v) is 8.31. The summed E-state index contributed by atoms with van der Waals surface area (Å²) in [5, 5.41) is 7.36. The predicted molar refractivity (Wildman–Crippen MR) is 125 cm³/mol. The van der Waals surface area contributed by atoms with Gasteiger partial charge in [0.2, 0.25) is 0 Å². The molecule has 0 bridgehead atoms. The number of benzene rings is 2. The van der Waals surface area contributed by atoms with E-state index in [4.69, 9.17) is 0 Å². The maximum atomic E-state index is 14.4. The first-order valence-corrected chi connectivity index (χ1v) is 11.0. The minimum atomic E-state index is -5.07. The molecular formula is C25H15F6N5O2. The summed E-state index contributed by atoms with van der Waals surface area (Å²) >= 11 is 0. The third kappa shape index (κ3) is 4.06. The second-order valence-electron chi connectivity index (χ2n) is 8.31. The maximum Gasteiger partial charge on any atom is 0.434 e. The lowest BCUT2D eigenvalue weighted by atomic mass is 10.00. The van der Waals surface area contributed by atoms with Crippen molar-refractivity contribution in [3.05, 3.63) is 76.7 Å². The van der Waals surface area contributed by atoms with Crippen molar-refractivity contribution in [3.8, 4) is 5.69 Å². The SMILES string of the molecule is CCc1cc(-n2ncc(C(=O)Nc3ccnc(C(F)(F)F)c3)c2C(F)(F)F)c2cccc3c(=C=O)[nH]c1c23. The Morgan fingerprint density at radius 2 is 1.82 bits per heavy atom. The number of alkyl halides is 6. The van der Waals surface area contributed by atoms with Gasteiger partial charge in [0.25, 0.3) is 5.91 Å². The molecule has 3 heterocycles. The fraction of sp³-hybridized carbons (Fsp3) is 0.160. The lowest BCUT2D eigenvalue weighted by molar-refractivity contribution is -0.143. The number of aromatic nitrogens is 4. The van der Waals surface area contributed by atoms with E-state index in [-0.39, 0.29) is 11.0 Å². The van der Waals surface area contributed by atoms with Crippen molar-refractivity contribution in [1.29, 1.82) is 0 Å². The topological polar surface area (TPSA) is 92.7 Å². The minimum Gasteiger partial charge on any atom is -0.345 e. The molecule has 7 nitrogen and oxygen atoms in total. The van der Waals surface area contributed by atoms with Crippen LogP contribution in [-0.2, 0) is 23.6 Å². The second kappa shape index (κ2) is 8.73. The van der Waals surface area contributed by atoms with Gasteiger partial charge in [0.1, 0.15) is 11.0 Å². The van der Waals surface area contributed by atoms with Gasteiger partial charge in [-0.05, 0) is 30.2 Å². The number of hydrogen-bond donors (Lipinski definition) is 2. The van der Waals surface area contributed by atoms with Crippen LogP contribution in [0.3, 0.4) is 0 Å². The highest BCUT2D eigenvalue weighted by Gasteiger charge is 2.41. The Morgan fingerprint density at radius 1 is 1.08 bits per heavy atom. The fourth-order valence-corrected chi connectivity index (χ4v) is 4.42. The molecule has 1 amide bonds. The van der Waals surface area contributed by atoms with Gasteiger partial charge >= 0.3 is 12.4 Å². The Kier molecular flexibility index (Phi) is 5.75. The molecule has 0 unspecified atom stereocenters. The van der Waals surface area contributed by atoms with Gasteiger partial charge in [-0.1, -0.05) is 25.1 Å². The average molecular weight is 531 g/mol. The molecule has 0 saturated carbocycles. The van der Waals surface area contributed by atoms with E-state index >= 15 is 0 Å². The van der Waals surface area contributed by atoms with Crippen LogP contribution < -0.4 is 10.7 Å². The van der Waals surface area contributed by atoms with Crippen LogP contribution in [0.5, 0.6) is 0 Å². The Hall–Kier alpha value is -4.64. The molecule has 0 aliphatic rings. The van der Waals surface area contributed by atoms with Crippen molar-refractivity contribution in [2.45, 2.75) is 25.7 Å². The molecule has 0 aliphatic heterocycles. The van der Waals surface area contributed by atoms with Crippen molar-refractivity contribution < 1.29 is 35.9 Å². The highest BCUT2D eigenvalue weighted by atomic mass is 19.4. The third-order valence-corrected chi connectivity index (χ3v) is 6.04. The molecule has 0 spiro atoms. The Balaban J connectivity index is 1.69. The van der Waals surface area contributed by atoms with Crippen LogP contribution in [0.25, 0.3) is 27.4 Å². The summed E-state index contributed by atoms with van der Waals surface area (Å²) in [6.45, 7) is 1.78. The quantitative estimate of drug-likeness (QED) is 0.320. The summed E-state index contributed by atoms with van der Waals surface area (Å²) in [6.07, 6.45) is -8.01. The molecule has 2 aromatic carbocycles. The number of aromatic amines is 1. The molecule has 3 aromatic heterocycles. The van der Waals surface area contributed by atoms with Gasteiger partial charge in [-0.2, -0.15) is 31.4 Å². The first-order valence-electron chi connectivity index (χ1n) is 11.0. The van der Waals surface area contributed by atoms with E-state index in [0.29, 0.717) is 50.6 Å². The van der Waals surface area contributed by atoms with Crippen LogP contribution in [0.4, 0.5) is 32.0 Å². The monoisotopic (exact) mass is 531 g/mol. The summed E-state index contributed by atoms with van der Waals surface area (Å²) in [5.41, 5.74) is -2.86. The Morgan fingerprint density at radius 3 is 2.47 bits per heavy atom. The van der Waals surface area contributed by atoms with Gasteiger partial charge in [-0.25, -0.2) is 9.48 Å². The zero-order valence-corrected chi connectivity index (χ0v) is 19.3. The number of nitrogens with zero attached hydrogens (tertiary/aromatic N) is 3. The summed E-state index contributed by atoms with van der Waals surface area (Å²) in [7, 11) is 0. The molecule has 194 valence electrons. The van der Waals surface area contributed by atoms with E-state index in [1.807, 2.05) is 0 Å². The van der Waals surface area contributed by atoms with E-state index < -0.39 is 40.9 Å². The standard InChI is InChI=1S/C25H15F6N5O2/c1-2-12-8-18(15-5-3-4-14-17(11-37)35-21(12)20(14)15)36-22(25(29,30)31)16(10-33-36)23(38)34-13-6-7-32-19(9-13)24(26,27)28/h3-10,35H,2H2,1H3,(H,32,34,38). The van der Waals surface area contributed by atoms with Gasteiger partial charge in [-0.3, -0.25) is 9.78 Å². The maximum absolute atomic E-state index is 14.4. The van der Waals surface area contributed by atoms with Crippen LogP contribution in [0.2, 0.25) is 0 Å². The van der Waals surface area contributed by atoms with Gasteiger partial charge in [0, 0.05) is 28.0 Å². The molecule has 0 fully saturated rings. The normalized spacial score (nSPS) is 12.3. The summed E-state index contributed by atoms with van der Waals surface area (Å²) < 4.78 is 82.5. The van der Waals surface area contributed by atoms with Gasteiger partial charge in [-0.15, -0.1) is 0 Å². The Labute approximate surface area is 208 Å². The first-order chi connectivity index (χ1) is 17.9. The van der Waals surface area contributed by atoms with Crippen LogP contribution in [-0.4, -0.2) is 31.6 Å². The van der Waals surface area contributed by atoms with E-state index in [1.54, 1.807) is 31.1 Å². The van der Waals surface area contributed by atoms with E-state index in [0.717, 1.165) is 12.3 Å². The van der Waals surface area contributed by atoms with Gasteiger partial charge in [0.15, 0.2) is 11.6 Å². The molecule has 0 atom stereocenters. The zero-order valence-electron chi connectivity index (χ0n) is 19.3. The zero-order chi connectivity index (χ0) is 27.4. The van der Waals surface area contributed by atoms with Crippen molar-refractivity contribution in [3.63, 3.8) is 0 Å². The molecule has 2 N–H and O–H groups in total. The smallest absolute Gasteiger partial charge is 0.345 e.